The Hall–Kier alpha value is -2.40. The van der Waals surface area contributed by atoms with E-state index in [9.17, 15) is 0 Å². The summed E-state index contributed by atoms with van der Waals surface area (Å²) in [6.07, 6.45) is 2.26. The van der Waals surface area contributed by atoms with Crippen molar-refractivity contribution < 1.29 is 0 Å². The predicted octanol–water partition coefficient (Wildman–Crippen LogP) is 4.76. The van der Waals surface area contributed by atoms with Gasteiger partial charge in [-0.15, -0.1) is 0 Å². The van der Waals surface area contributed by atoms with Crippen LogP contribution in [0.25, 0.3) is 11.0 Å². The number of aromatic amines is 1. The molecule has 0 saturated carbocycles. The number of fused-ring (bicyclic) bond motifs is 1. The number of para-hydroxylation sites is 1. The molecule has 1 aliphatic heterocycles. The third-order valence-corrected chi connectivity index (χ3v) is 5.60. The van der Waals surface area contributed by atoms with Crippen LogP contribution in [0, 0.1) is 13.8 Å². The smallest absolute Gasteiger partial charge is 0.173 e. The Morgan fingerprint density at radius 2 is 1.96 bits per heavy atom. The summed E-state index contributed by atoms with van der Waals surface area (Å²) >= 11 is 5.64. The molecular weight excluding hydrogens is 340 g/mol. The fourth-order valence-corrected chi connectivity index (χ4v) is 3.88. The lowest BCUT2D eigenvalue weighted by Gasteiger charge is -2.33. The molecule has 4 rings (SSSR count). The van der Waals surface area contributed by atoms with Crippen LogP contribution in [-0.4, -0.2) is 33.1 Å². The van der Waals surface area contributed by atoms with E-state index in [-0.39, 0.29) is 0 Å². The van der Waals surface area contributed by atoms with E-state index in [1.54, 1.807) is 0 Å². The summed E-state index contributed by atoms with van der Waals surface area (Å²) in [6.45, 7) is 6.18. The maximum absolute atomic E-state index is 5.64. The average Bonchev–Trinajstić information content (AvgIpc) is 3.06. The molecule has 0 unspecified atom stereocenters. The van der Waals surface area contributed by atoms with Crippen LogP contribution in [0.15, 0.2) is 42.5 Å². The zero-order valence-electron chi connectivity index (χ0n) is 15.2. The molecule has 1 aromatic heterocycles. The summed E-state index contributed by atoms with van der Waals surface area (Å²) in [5, 5.41) is 4.15. The van der Waals surface area contributed by atoms with E-state index < -0.39 is 0 Å². The molecule has 2 aromatic carbocycles. The van der Waals surface area contributed by atoms with E-state index in [0.717, 1.165) is 53.6 Å². The molecular formula is C21H24N4S. The van der Waals surface area contributed by atoms with Gasteiger partial charge in [-0.2, -0.15) is 0 Å². The SMILES string of the molecule is Cc1cc2nc([C@@H]3CCCN(C(=S)Nc4ccccc4)C3)[nH]c2cc1C. The number of nitrogens with one attached hydrogen (secondary N) is 2. The Bertz CT molecular complexity index is 893. The van der Waals surface area contributed by atoms with E-state index >= 15 is 0 Å². The van der Waals surface area contributed by atoms with E-state index in [2.05, 4.69) is 41.2 Å². The zero-order chi connectivity index (χ0) is 18.1. The number of thiocarbonyl (C=S) groups is 1. The van der Waals surface area contributed by atoms with Gasteiger partial charge in [0, 0.05) is 24.7 Å². The number of likely N-dealkylation sites (tertiary alicyclic amines) is 1. The molecule has 134 valence electrons. The van der Waals surface area contributed by atoms with Crippen molar-refractivity contribution in [2.24, 2.45) is 0 Å². The molecule has 0 bridgehead atoms. The summed E-state index contributed by atoms with van der Waals surface area (Å²) in [7, 11) is 0. The van der Waals surface area contributed by atoms with Crippen LogP contribution < -0.4 is 5.32 Å². The average molecular weight is 365 g/mol. The summed E-state index contributed by atoms with van der Waals surface area (Å²) in [6, 6.07) is 14.5. The van der Waals surface area contributed by atoms with Gasteiger partial charge < -0.3 is 15.2 Å². The van der Waals surface area contributed by atoms with E-state index in [1.807, 2.05) is 30.3 Å². The molecule has 1 saturated heterocycles. The van der Waals surface area contributed by atoms with Crippen molar-refractivity contribution in [2.75, 3.05) is 18.4 Å². The van der Waals surface area contributed by atoms with Crippen molar-refractivity contribution in [1.82, 2.24) is 14.9 Å². The van der Waals surface area contributed by atoms with Crippen molar-refractivity contribution in [3.05, 3.63) is 59.4 Å². The van der Waals surface area contributed by atoms with E-state index in [0.29, 0.717) is 5.92 Å². The van der Waals surface area contributed by atoms with Crippen LogP contribution in [0.5, 0.6) is 0 Å². The fraction of sp³-hybridized carbons (Fsp3) is 0.333. The Kier molecular flexibility index (Phi) is 4.64. The van der Waals surface area contributed by atoms with Crippen LogP contribution in [0.1, 0.15) is 35.7 Å². The van der Waals surface area contributed by atoms with Gasteiger partial charge in [-0.05, 0) is 74.3 Å². The molecule has 1 fully saturated rings. The maximum Gasteiger partial charge on any atom is 0.173 e. The van der Waals surface area contributed by atoms with Gasteiger partial charge in [-0.25, -0.2) is 4.98 Å². The molecule has 0 radical (unpaired) electrons. The monoisotopic (exact) mass is 364 g/mol. The highest BCUT2D eigenvalue weighted by molar-refractivity contribution is 7.80. The second-order valence-electron chi connectivity index (χ2n) is 7.16. The lowest BCUT2D eigenvalue weighted by atomic mass is 9.98. The summed E-state index contributed by atoms with van der Waals surface area (Å²) < 4.78 is 0. The number of nitrogens with zero attached hydrogens (tertiary/aromatic N) is 2. The van der Waals surface area contributed by atoms with Crippen LogP contribution in [-0.2, 0) is 0 Å². The first-order valence-corrected chi connectivity index (χ1v) is 9.59. The first kappa shape index (κ1) is 17.0. The number of rotatable bonds is 2. The Morgan fingerprint density at radius 1 is 1.19 bits per heavy atom. The highest BCUT2D eigenvalue weighted by atomic mass is 32.1. The maximum atomic E-state index is 5.64. The summed E-state index contributed by atoms with van der Waals surface area (Å²) in [5.41, 5.74) is 5.81. The lowest BCUT2D eigenvalue weighted by molar-refractivity contribution is 0.307. The van der Waals surface area contributed by atoms with Gasteiger partial charge in [-0.3, -0.25) is 0 Å². The van der Waals surface area contributed by atoms with E-state index in [1.165, 1.54) is 11.1 Å². The minimum atomic E-state index is 0.382. The number of benzene rings is 2. The van der Waals surface area contributed by atoms with Gasteiger partial charge in [0.15, 0.2) is 5.11 Å². The molecule has 4 nitrogen and oxygen atoms in total. The van der Waals surface area contributed by atoms with E-state index in [4.69, 9.17) is 17.2 Å². The predicted molar refractivity (Wildman–Crippen MR) is 112 cm³/mol. The standard InChI is InChI=1S/C21H24N4S/c1-14-11-18-19(12-15(14)2)24-20(23-18)16-7-6-10-25(13-16)21(26)22-17-8-4-3-5-9-17/h3-5,8-9,11-12,16H,6-7,10,13H2,1-2H3,(H,22,26)(H,23,24)/t16-/m1/s1. The van der Waals surface area contributed by atoms with Crippen molar-refractivity contribution in [3.8, 4) is 0 Å². The number of hydrogen-bond donors (Lipinski definition) is 2. The number of imidazole rings is 1. The molecule has 0 aliphatic carbocycles. The van der Waals surface area contributed by atoms with Gasteiger partial charge >= 0.3 is 0 Å². The van der Waals surface area contributed by atoms with Gasteiger partial charge in [0.25, 0.3) is 0 Å². The molecule has 26 heavy (non-hydrogen) atoms. The van der Waals surface area contributed by atoms with Gasteiger partial charge in [0.1, 0.15) is 5.82 Å². The van der Waals surface area contributed by atoms with Gasteiger partial charge in [0.05, 0.1) is 11.0 Å². The molecule has 3 aromatic rings. The second-order valence-corrected chi connectivity index (χ2v) is 7.54. The largest absolute Gasteiger partial charge is 0.348 e. The number of hydrogen-bond acceptors (Lipinski definition) is 2. The number of H-pyrrole nitrogens is 1. The quantitative estimate of drug-likeness (QED) is 0.644. The third kappa shape index (κ3) is 3.44. The summed E-state index contributed by atoms with van der Waals surface area (Å²) in [5.74, 6) is 1.46. The zero-order valence-corrected chi connectivity index (χ0v) is 16.1. The Morgan fingerprint density at radius 3 is 2.77 bits per heavy atom. The van der Waals surface area contributed by atoms with Crippen LogP contribution in [0.3, 0.4) is 0 Å². The summed E-state index contributed by atoms with van der Waals surface area (Å²) in [4.78, 5) is 10.7. The first-order chi connectivity index (χ1) is 12.6. The van der Waals surface area contributed by atoms with Crippen molar-refractivity contribution in [1.29, 1.82) is 0 Å². The van der Waals surface area contributed by atoms with Gasteiger partial charge in [0.2, 0.25) is 0 Å². The van der Waals surface area contributed by atoms with Crippen LogP contribution >= 0.6 is 12.2 Å². The number of anilines is 1. The topological polar surface area (TPSA) is 44.0 Å². The minimum Gasteiger partial charge on any atom is -0.348 e. The molecule has 2 heterocycles. The Labute approximate surface area is 159 Å². The second kappa shape index (κ2) is 7.08. The van der Waals surface area contributed by atoms with Gasteiger partial charge in [-0.1, -0.05) is 18.2 Å². The first-order valence-electron chi connectivity index (χ1n) is 9.18. The molecule has 1 aliphatic rings. The fourth-order valence-electron chi connectivity index (χ4n) is 3.59. The van der Waals surface area contributed by atoms with Crippen molar-refractivity contribution in [3.63, 3.8) is 0 Å². The third-order valence-electron chi connectivity index (χ3n) is 5.24. The normalized spacial score (nSPS) is 17.5. The minimum absolute atomic E-state index is 0.382. The highest BCUT2D eigenvalue weighted by Crippen LogP contribution is 2.28. The highest BCUT2D eigenvalue weighted by Gasteiger charge is 2.25. The number of aryl methyl sites for hydroxylation is 2. The lowest BCUT2D eigenvalue weighted by Crippen LogP contribution is -2.41. The molecule has 2 N–H and O–H groups in total. The molecule has 0 spiro atoms. The molecule has 5 heteroatoms. The van der Waals surface area contributed by atoms with Crippen LogP contribution in [0.2, 0.25) is 0 Å². The van der Waals surface area contributed by atoms with Crippen LogP contribution in [0.4, 0.5) is 5.69 Å². The van der Waals surface area contributed by atoms with Crippen molar-refractivity contribution >= 4 is 34.1 Å². The molecule has 1 atom stereocenters. The number of aromatic nitrogens is 2. The van der Waals surface area contributed by atoms with Crippen molar-refractivity contribution in [2.45, 2.75) is 32.6 Å². The molecule has 0 amide bonds. The number of piperidine rings is 1. The Balaban J connectivity index is 1.50.